The monoisotopic (exact) mass is 428 g/mol. The number of hydrogen-bond acceptors (Lipinski definition) is 3. The molecule has 0 bridgehead atoms. The van der Waals surface area contributed by atoms with Gasteiger partial charge >= 0.3 is 0 Å². The van der Waals surface area contributed by atoms with Crippen molar-refractivity contribution in [2.24, 2.45) is 0 Å². The van der Waals surface area contributed by atoms with Crippen molar-refractivity contribution in [1.82, 2.24) is 0 Å². The Labute approximate surface area is 113 Å². The van der Waals surface area contributed by atoms with Crippen LogP contribution in [0.15, 0.2) is 0 Å². The van der Waals surface area contributed by atoms with Gasteiger partial charge in [0.2, 0.25) is 0 Å². The normalized spacial score (nSPS) is 13.3. The van der Waals surface area contributed by atoms with Crippen molar-refractivity contribution in [1.29, 1.82) is 0 Å². The molecule has 0 heterocycles. The molecular formula is C9H18I2O3. The smallest absolute Gasteiger partial charge is 0.300 e. The van der Waals surface area contributed by atoms with Gasteiger partial charge in [-0.15, -0.1) is 0 Å². The van der Waals surface area contributed by atoms with Gasteiger partial charge in [-0.2, -0.15) is 0 Å². The fourth-order valence-corrected chi connectivity index (χ4v) is 1.88. The Morgan fingerprint density at radius 2 is 1.43 bits per heavy atom. The highest BCUT2D eigenvalue weighted by Gasteiger charge is 2.43. The zero-order valence-corrected chi connectivity index (χ0v) is 12.7. The van der Waals surface area contributed by atoms with E-state index in [1.165, 1.54) is 19.3 Å². The highest BCUT2D eigenvalue weighted by Crippen LogP contribution is 2.40. The molecule has 0 aromatic carbocycles. The van der Waals surface area contributed by atoms with Crippen LogP contribution in [0.25, 0.3) is 0 Å². The summed E-state index contributed by atoms with van der Waals surface area (Å²) in [5.74, 6) is -2.58. The molecular weight excluding hydrogens is 410 g/mol. The molecule has 3 nitrogen and oxygen atoms in total. The van der Waals surface area contributed by atoms with Gasteiger partial charge in [-0.05, 0) is 6.42 Å². The second kappa shape index (κ2) is 6.82. The van der Waals surface area contributed by atoms with Crippen LogP contribution in [0.5, 0.6) is 0 Å². The average molecular weight is 428 g/mol. The minimum Gasteiger partial charge on any atom is -0.342 e. The lowest BCUT2D eigenvalue weighted by Crippen LogP contribution is -2.45. The Balaban J connectivity index is 3.67. The number of aliphatic hydroxyl groups is 3. The van der Waals surface area contributed by atoms with Gasteiger partial charge in [-0.1, -0.05) is 84.2 Å². The van der Waals surface area contributed by atoms with E-state index < -0.39 is 7.40 Å². The van der Waals surface area contributed by atoms with Crippen molar-refractivity contribution < 1.29 is 15.3 Å². The van der Waals surface area contributed by atoms with E-state index >= 15 is 0 Å². The summed E-state index contributed by atoms with van der Waals surface area (Å²) in [4.78, 5) is 0. The Bertz CT molecular complexity index is 155. The fourth-order valence-electron chi connectivity index (χ4n) is 1.12. The first-order valence-corrected chi connectivity index (χ1v) is 7.02. The molecule has 0 rings (SSSR count). The van der Waals surface area contributed by atoms with Crippen molar-refractivity contribution in [3.05, 3.63) is 0 Å². The van der Waals surface area contributed by atoms with Gasteiger partial charge in [-0.3, -0.25) is 0 Å². The average Bonchev–Trinajstić information content (AvgIpc) is 2.02. The van der Waals surface area contributed by atoms with Crippen LogP contribution in [0.4, 0.5) is 0 Å². The first-order chi connectivity index (χ1) is 6.31. The van der Waals surface area contributed by atoms with E-state index in [2.05, 4.69) is 6.92 Å². The van der Waals surface area contributed by atoms with Gasteiger partial charge in [0.15, 0.2) is 1.43 Å². The lowest BCUT2D eigenvalue weighted by molar-refractivity contribution is -0.310. The van der Waals surface area contributed by atoms with Crippen LogP contribution in [0, 0.1) is 0 Å². The largest absolute Gasteiger partial charge is 0.342 e. The number of rotatable bonds is 7. The van der Waals surface area contributed by atoms with E-state index in [1.54, 1.807) is 0 Å². The molecule has 0 atom stereocenters. The number of hydrogen-bond donors (Lipinski definition) is 3. The van der Waals surface area contributed by atoms with Gasteiger partial charge in [0.1, 0.15) is 0 Å². The molecule has 0 aliphatic rings. The Kier molecular flexibility index (Phi) is 7.48. The fraction of sp³-hybridized carbons (Fsp3) is 1.00. The van der Waals surface area contributed by atoms with Crippen molar-refractivity contribution in [3.63, 3.8) is 0 Å². The lowest BCUT2D eigenvalue weighted by Gasteiger charge is -2.29. The first-order valence-electron chi connectivity index (χ1n) is 4.86. The third-order valence-corrected chi connectivity index (χ3v) is 4.61. The van der Waals surface area contributed by atoms with Crippen LogP contribution in [-0.2, 0) is 0 Å². The van der Waals surface area contributed by atoms with E-state index in [1.807, 2.05) is 45.2 Å². The molecule has 0 unspecified atom stereocenters. The molecule has 0 radical (unpaired) electrons. The van der Waals surface area contributed by atoms with Crippen LogP contribution in [-0.4, -0.2) is 22.7 Å². The number of alkyl halides is 2. The van der Waals surface area contributed by atoms with Crippen LogP contribution >= 0.6 is 45.2 Å². The van der Waals surface area contributed by atoms with Gasteiger partial charge < -0.3 is 15.3 Å². The lowest BCUT2D eigenvalue weighted by atomic mass is 10.1. The molecule has 0 saturated heterocycles. The number of unbranched alkanes of at least 4 members (excludes halogenated alkanes) is 4. The van der Waals surface area contributed by atoms with Crippen molar-refractivity contribution in [3.8, 4) is 0 Å². The minimum absolute atomic E-state index is 0.599. The van der Waals surface area contributed by atoms with Gasteiger partial charge in [0.05, 0.1) is 0 Å². The quantitative estimate of drug-likeness (QED) is 0.253. The van der Waals surface area contributed by atoms with Crippen LogP contribution in [0.1, 0.15) is 45.4 Å². The van der Waals surface area contributed by atoms with Gasteiger partial charge in [-0.25, -0.2) is 0 Å². The summed E-state index contributed by atoms with van der Waals surface area (Å²) in [5.41, 5.74) is 0. The van der Waals surface area contributed by atoms with E-state index in [0.29, 0.717) is 6.42 Å². The zero-order valence-electron chi connectivity index (χ0n) is 8.34. The molecule has 0 aromatic rings. The van der Waals surface area contributed by atoms with E-state index in [9.17, 15) is 0 Å². The minimum atomic E-state index is -2.58. The van der Waals surface area contributed by atoms with Crippen LogP contribution in [0.2, 0.25) is 0 Å². The third-order valence-electron chi connectivity index (χ3n) is 2.09. The summed E-state index contributed by atoms with van der Waals surface area (Å²) in [6.45, 7) is 2.15. The molecule has 0 aromatic heterocycles. The first kappa shape index (κ1) is 15.3. The second-order valence-electron chi connectivity index (χ2n) is 3.50. The molecule has 0 fully saturated rings. The highest BCUT2D eigenvalue weighted by molar-refractivity contribution is 14.2. The molecule has 0 saturated carbocycles. The zero-order chi connectivity index (χ0) is 11.2. The van der Waals surface area contributed by atoms with Crippen LogP contribution in [0.3, 0.4) is 0 Å². The molecule has 3 N–H and O–H groups in total. The summed E-state index contributed by atoms with van der Waals surface area (Å²) < 4.78 is -0.908. The Morgan fingerprint density at radius 3 is 1.86 bits per heavy atom. The molecule has 0 aliphatic carbocycles. The maximum atomic E-state index is 9.04. The SMILES string of the molecule is CCCCCCCC(I)(I)C(O)(O)O. The Hall–Kier alpha value is 1.34. The van der Waals surface area contributed by atoms with Gasteiger partial charge in [0, 0.05) is 0 Å². The summed E-state index contributed by atoms with van der Waals surface area (Å²) in [6, 6.07) is 0. The van der Waals surface area contributed by atoms with E-state index in [-0.39, 0.29) is 0 Å². The van der Waals surface area contributed by atoms with Crippen molar-refractivity contribution in [2.75, 3.05) is 0 Å². The Morgan fingerprint density at radius 1 is 0.929 bits per heavy atom. The molecule has 14 heavy (non-hydrogen) atoms. The summed E-state index contributed by atoms with van der Waals surface area (Å²) in [6.07, 6.45) is 6.19. The maximum absolute atomic E-state index is 9.04. The van der Waals surface area contributed by atoms with E-state index in [0.717, 1.165) is 12.8 Å². The maximum Gasteiger partial charge on any atom is 0.300 e. The van der Waals surface area contributed by atoms with Crippen LogP contribution < -0.4 is 0 Å². The molecule has 86 valence electrons. The van der Waals surface area contributed by atoms with Gasteiger partial charge in [0.25, 0.3) is 5.97 Å². The van der Waals surface area contributed by atoms with E-state index in [4.69, 9.17) is 15.3 Å². The molecule has 0 amide bonds. The molecule has 0 aliphatic heterocycles. The molecule has 5 heteroatoms. The summed E-state index contributed by atoms with van der Waals surface area (Å²) >= 11 is 3.76. The number of halogens is 2. The summed E-state index contributed by atoms with van der Waals surface area (Å²) in [5, 5.41) is 27.1. The van der Waals surface area contributed by atoms with Crippen molar-refractivity contribution >= 4 is 45.2 Å². The molecule has 0 spiro atoms. The predicted molar refractivity (Wildman–Crippen MR) is 73.5 cm³/mol. The second-order valence-corrected chi connectivity index (χ2v) is 9.25. The predicted octanol–water partition coefficient (Wildman–Crippen LogP) is 2.54. The topological polar surface area (TPSA) is 60.7 Å². The summed E-state index contributed by atoms with van der Waals surface area (Å²) in [7, 11) is 0. The van der Waals surface area contributed by atoms with Crippen molar-refractivity contribution in [2.45, 2.75) is 52.9 Å². The standard InChI is InChI=1S/C9H18I2O3/c1-2-3-4-5-6-7-8(10,11)9(12,13)14/h12-14H,2-7H2,1H3. The third kappa shape index (κ3) is 6.04. The highest BCUT2D eigenvalue weighted by atomic mass is 127.